The summed E-state index contributed by atoms with van der Waals surface area (Å²) in [6, 6.07) is 7.13. The van der Waals surface area contributed by atoms with Crippen LogP contribution in [-0.4, -0.2) is 10.8 Å². The Bertz CT molecular complexity index is 554. The smallest absolute Gasteiger partial charge is 0.200 e. The maximum atomic E-state index is 11.7. The van der Waals surface area contributed by atoms with Gasteiger partial charge in [-0.3, -0.25) is 9.59 Å². The van der Waals surface area contributed by atoms with E-state index in [1.807, 2.05) is 6.07 Å². The van der Waals surface area contributed by atoms with Crippen LogP contribution in [0.4, 0.5) is 0 Å². The third-order valence-electron chi connectivity index (χ3n) is 2.17. The largest absolute Gasteiger partial charge is 0.360 e. The SMILES string of the molecule is CC(=O)c1c[nH]c2ccccc2c1=O. The van der Waals surface area contributed by atoms with Crippen molar-refractivity contribution in [3.05, 3.63) is 46.2 Å². The van der Waals surface area contributed by atoms with Gasteiger partial charge in [-0.25, -0.2) is 0 Å². The molecule has 70 valence electrons. The molecule has 1 aromatic heterocycles. The highest BCUT2D eigenvalue weighted by Crippen LogP contribution is 2.06. The molecule has 0 bridgehead atoms. The summed E-state index contributed by atoms with van der Waals surface area (Å²) in [5, 5.41) is 0.556. The lowest BCUT2D eigenvalue weighted by Crippen LogP contribution is -2.13. The van der Waals surface area contributed by atoms with E-state index >= 15 is 0 Å². The predicted octanol–water partition coefficient (Wildman–Crippen LogP) is 1.73. The molecule has 1 aromatic carbocycles. The quantitative estimate of drug-likeness (QED) is 0.691. The number of nitrogens with one attached hydrogen (secondary N) is 1. The van der Waals surface area contributed by atoms with Gasteiger partial charge in [0.15, 0.2) is 11.2 Å². The summed E-state index contributed by atoms with van der Waals surface area (Å²) in [5.41, 5.74) is 0.762. The van der Waals surface area contributed by atoms with Crippen molar-refractivity contribution < 1.29 is 4.79 Å². The molecule has 1 N–H and O–H groups in total. The van der Waals surface area contributed by atoms with Crippen LogP contribution in [0.15, 0.2) is 35.3 Å². The van der Waals surface area contributed by atoms with Gasteiger partial charge in [0.1, 0.15) is 0 Å². The molecule has 3 nitrogen and oxygen atoms in total. The molecule has 3 heteroatoms. The van der Waals surface area contributed by atoms with Crippen LogP contribution in [0.5, 0.6) is 0 Å². The molecule has 2 aromatic rings. The minimum Gasteiger partial charge on any atom is -0.360 e. The number of aromatic amines is 1. The average molecular weight is 187 g/mol. The topological polar surface area (TPSA) is 49.9 Å². The minimum atomic E-state index is -0.211. The third-order valence-corrected chi connectivity index (χ3v) is 2.17. The maximum Gasteiger partial charge on any atom is 0.200 e. The minimum absolute atomic E-state index is 0.202. The normalized spacial score (nSPS) is 10.4. The highest BCUT2D eigenvalue weighted by molar-refractivity contribution is 5.96. The molecule has 2 rings (SSSR count). The fraction of sp³-hybridized carbons (Fsp3) is 0.0909. The van der Waals surface area contributed by atoms with Gasteiger partial charge in [-0.1, -0.05) is 12.1 Å². The van der Waals surface area contributed by atoms with Crippen molar-refractivity contribution in [2.45, 2.75) is 6.92 Å². The number of pyridine rings is 1. The van der Waals surface area contributed by atoms with Gasteiger partial charge in [0, 0.05) is 17.1 Å². The Balaban J connectivity index is 2.89. The van der Waals surface area contributed by atoms with Crippen LogP contribution in [0.25, 0.3) is 10.9 Å². The molecule has 0 spiro atoms. The van der Waals surface area contributed by atoms with Crippen LogP contribution in [0.1, 0.15) is 17.3 Å². The number of fused-ring (bicyclic) bond motifs is 1. The maximum absolute atomic E-state index is 11.7. The van der Waals surface area contributed by atoms with Gasteiger partial charge in [-0.15, -0.1) is 0 Å². The van der Waals surface area contributed by atoms with Gasteiger partial charge < -0.3 is 4.98 Å². The first-order valence-electron chi connectivity index (χ1n) is 4.31. The van der Waals surface area contributed by atoms with Crippen LogP contribution < -0.4 is 5.43 Å². The molecular formula is C11H9NO2. The highest BCUT2D eigenvalue weighted by Gasteiger charge is 2.07. The van der Waals surface area contributed by atoms with Gasteiger partial charge >= 0.3 is 0 Å². The Kier molecular flexibility index (Phi) is 1.93. The molecule has 0 unspecified atom stereocenters. The van der Waals surface area contributed by atoms with Gasteiger partial charge in [0.25, 0.3) is 0 Å². The van der Waals surface area contributed by atoms with E-state index in [2.05, 4.69) is 4.98 Å². The summed E-state index contributed by atoms with van der Waals surface area (Å²) in [7, 11) is 0. The molecule has 0 radical (unpaired) electrons. The summed E-state index contributed by atoms with van der Waals surface area (Å²) in [6.45, 7) is 1.39. The number of para-hydroxylation sites is 1. The van der Waals surface area contributed by atoms with Crippen LogP contribution in [0.3, 0.4) is 0 Å². The molecule has 0 amide bonds. The number of aromatic nitrogens is 1. The Morgan fingerprint density at radius 1 is 1.29 bits per heavy atom. The monoisotopic (exact) mass is 187 g/mol. The lowest BCUT2D eigenvalue weighted by atomic mass is 10.1. The van der Waals surface area contributed by atoms with Gasteiger partial charge in [0.05, 0.1) is 5.56 Å². The Hall–Kier alpha value is -1.90. The second-order valence-corrected chi connectivity index (χ2v) is 3.13. The summed E-state index contributed by atoms with van der Waals surface area (Å²) in [6.07, 6.45) is 1.47. The number of carbonyl (C=O) groups excluding carboxylic acids is 1. The first kappa shape index (κ1) is 8.69. The van der Waals surface area contributed by atoms with Crippen LogP contribution in [-0.2, 0) is 0 Å². The number of hydrogen-bond acceptors (Lipinski definition) is 2. The molecule has 0 fully saturated rings. The lowest BCUT2D eigenvalue weighted by molar-refractivity contribution is 0.101. The van der Waals surface area contributed by atoms with E-state index < -0.39 is 0 Å². The Morgan fingerprint density at radius 3 is 2.71 bits per heavy atom. The van der Waals surface area contributed by atoms with E-state index in [9.17, 15) is 9.59 Å². The van der Waals surface area contributed by atoms with Crippen molar-refractivity contribution in [3.8, 4) is 0 Å². The predicted molar refractivity (Wildman–Crippen MR) is 54.6 cm³/mol. The van der Waals surface area contributed by atoms with E-state index in [4.69, 9.17) is 0 Å². The number of ketones is 1. The molecule has 0 aliphatic rings. The fourth-order valence-electron chi connectivity index (χ4n) is 1.43. The molecule has 0 aliphatic heterocycles. The average Bonchev–Trinajstić information content (AvgIpc) is 2.18. The molecule has 0 saturated heterocycles. The third kappa shape index (κ3) is 1.23. The Labute approximate surface area is 80.4 Å². The van der Waals surface area contributed by atoms with E-state index in [0.29, 0.717) is 5.39 Å². The van der Waals surface area contributed by atoms with Crippen LogP contribution in [0, 0.1) is 0 Å². The van der Waals surface area contributed by atoms with Crippen molar-refractivity contribution in [2.75, 3.05) is 0 Å². The van der Waals surface area contributed by atoms with E-state index in [1.165, 1.54) is 13.1 Å². The molecule has 14 heavy (non-hydrogen) atoms. The summed E-state index contributed by atoms with van der Waals surface area (Å²) in [4.78, 5) is 25.7. The molecule has 0 saturated carbocycles. The number of carbonyl (C=O) groups is 1. The first-order valence-corrected chi connectivity index (χ1v) is 4.31. The number of Topliss-reactive ketones (excluding diaryl/α,β-unsaturated/α-hetero) is 1. The number of H-pyrrole nitrogens is 1. The molecular weight excluding hydrogens is 178 g/mol. The summed E-state index contributed by atoms with van der Waals surface area (Å²) in [5.74, 6) is -0.211. The number of hydrogen-bond donors (Lipinski definition) is 1. The standard InChI is InChI=1S/C11H9NO2/c1-7(13)9-6-12-10-5-3-2-4-8(10)11(9)14/h2-6H,1H3,(H,12,14). The second kappa shape index (κ2) is 3.10. The van der Waals surface area contributed by atoms with Crippen molar-refractivity contribution in [1.29, 1.82) is 0 Å². The summed E-state index contributed by atoms with van der Waals surface area (Å²) >= 11 is 0. The zero-order valence-corrected chi connectivity index (χ0v) is 7.70. The zero-order chi connectivity index (χ0) is 10.1. The number of benzene rings is 1. The highest BCUT2D eigenvalue weighted by atomic mass is 16.1. The van der Waals surface area contributed by atoms with E-state index in [0.717, 1.165) is 5.52 Å². The van der Waals surface area contributed by atoms with Gasteiger partial charge in [-0.05, 0) is 19.1 Å². The van der Waals surface area contributed by atoms with Gasteiger partial charge in [0.2, 0.25) is 0 Å². The zero-order valence-electron chi connectivity index (χ0n) is 7.70. The van der Waals surface area contributed by atoms with Crippen molar-refractivity contribution in [1.82, 2.24) is 4.98 Å². The van der Waals surface area contributed by atoms with Crippen molar-refractivity contribution in [3.63, 3.8) is 0 Å². The van der Waals surface area contributed by atoms with E-state index in [-0.39, 0.29) is 16.8 Å². The van der Waals surface area contributed by atoms with Crippen molar-refractivity contribution in [2.24, 2.45) is 0 Å². The lowest BCUT2D eigenvalue weighted by Gasteiger charge is -1.98. The van der Waals surface area contributed by atoms with Crippen molar-refractivity contribution >= 4 is 16.7 Å². The van der Waals surface area contributed by atoms with Gasteiger partial charge in [-0.2, -0.15) is 0 Å². The van der Waals surface area contributed by atoms with E-state index in [1.54, 1.807) is 18.2 Å². The Morgan fingerprint density at radius 2 is 2.00 bits per heavy atom. The second-order valence-electron chi connectivity index (χ2n) is 3.13. The fourth-order valence-corrected chi connectivity index (χ4v) is 1.43. The first-order chi connectivity index (χ1) is 6.70. The molecule has 0 atom stereocenters. The molecule has 0 aliphatic carbocycles. The van der Waals surface area contributed by atoms with Crippen LogP contribution in [0.2, 0.25) is 0 Å². The number of rotatable bonds is 1. The summed E-state index contributed by atoms with van der Waals surface area (Å²) < 4.78 is 0. The molecule has 1 heterocycles. The van der Waals surface area contributed by atoms with Crippen LogP contribution >= 0.6 is 0 Å².